The predicted molar refractivity (Wildman–Crippen MR) is 81.8 cm³/mol. The van der Waals surface area contributed by atoms with Crippen molar-refractivity contribution in [2.24, 2.45) is 0 Å². The molecule has 0 aliphatic rings. The maximum atomic E-state index is 11.7. The Morgan fingerprint density at radius 2 is 2.09 bits per heavy atom. The second-order valence-electron chi connectivity index (χ2n) is 4.71. The first-order valence-corrected chi connectivity index (χ1v) is 8.64. The Kier molecular flexibility index (Phi) is 5.51. The smallest absolute Gasteiger partial charge is 0.242 e. The molecule has 1 N–H and O–H groups in total. The Hall–Kier alpha value is -1.93. The SMILES string of the molecule is CCCCS(=O)(=O)NCc1nc(-c2ccccc2OC)no1. The van der Waals surface area contributed by atoms with E-state index < -0.39 is 10.0 Å². The third kappa shape index (κ3) is 4.28. The third-order valence-electron chi connectivity index (χ3n) is 3.03. The van der Waals surface area contributed by atoms with E-state index in [1.807, 2.05) is 19.1 Å². The van der Waals surface area contributed by atoms with Gasteiger partial charge in [-0.25, -0.2) is 13.1 Å². The number of unbranched alkanes of at least 4 members (excludes halogenated alkanes) is 1. The van der Waals surface area contributed by atoms with Crippen LogP contribution in [0.3, 0.4) is 0 Å². The fraction of sp³-hybridized carbons (Fsp3) is 0.429. The second-order valence-corrected chi connectivity index (χ2v) is 6.63. The van der Waals surface area contributed by atoms with Gasteiger partial charge in [-0.2, -0.15) is 4.98 Å². The maximum absolute atomic E-state index is 11.7. The van der Waals surface area contributed by atoms with Crippen LogP contribution >= 0.6 is 0 Å². The van der Waals surface area contributed by atoms with E-state index in [-0.39, 0.29) is 18.2 Å². The van der Waals surface area contributed by atoms with Crippen molar-refractivity contribution >= 4 is 10.0 Å². The monoisotopic (exact) mass is 325 g/mol. The molecule has 2 aromatic rings. The van der Waals surface area contributed by atoms with E-state index in [0.717, 1.165) is 6.42 Å². The van der Waals surface area contributed by atoms with Gasteiger partial charge in [0.15, 0.2) is 0 Å². The molecule has 1 aromatic carbocycles. The van der Waals surface area contributed by atoms with E-state index >= 15 is 0 Å². The van der Waals surface area contributed by atoms with Gasteiger partial charge >= 0.3 is 0 Å². The summed E-state index contributed by atoms with van der Waals surface area (Å²) in [6, 6.07) is 7.27. The number of para-hydroxylation sites is 1. The Bertz CT molecular complexity index is 712. The molecule has 0 fully saturated rings. The van der Waals surface area contributed by atoms with Crippen LogP contribution < -0.4 is 9.46 Å². The lowest BCUT2D eigenvalue weighted by molar-refractivity contribution is 0.375. The average molecular weight is 325 g/mol. The van der Waals surface area contributed by atoms with Crippen LogP contribution in [0.5, 0.6) is 5.75 Å². The van der Waals surface area contributed by atoms with Crippen LogP contribution in [0.15, 0.2) is 28.8 Å². The summed E-state index contributed by atoms with van der Waals surface area (Å²) in [6.45, 7) is 1.92. The molecule has 7 nitrogen and oxygen atoms in total. The Balaban J connectivity index is 2.06. The zero-order valence-corrected chi connectivity index (χ0v) is 13.4. The summed E-state index contributed by atoms with van der Waals surface area (Å²) in [7, 11) is -1.76. The fourth-order valence-electron chi connectivity index (χ4n) is 1.84. The van der Waals surface area contributed by atoms with E-state index in [2.05, 4.69) is 14.9 Å². The molecule has 0 bridgehead atoms. The van der Waals surface area contributed by atoms with Gasteiger partial charge in [0.25, 0.3) is 0 Å². The zero-order valence-electron chi connectivity index (χ0n) is 12.6. The summed E-state index contributed by atoms with van der Waals surface area (Å²) in [5.41, 5.74) is 0.689. The van der Waals surface area contributed by atoms with Crippen LogP contribution in [-0.2, 0) is 16.6 Å². The van der Waals surface area contributed by atoms with Gasteiger partial charge in [0.2, 0.25) is 21.7 Å². The van der Waals surface area contributed by atoms with Crippen LogP contribution in [0, 0.1) is 0 Å². The number of sulfonamides is 1. The van der Waals surface area contributed by atoms with Crippen LogP contribution in [0.25, 0.3) is 11.4 Å². The van der Waals surface area contributed by atoms with Crippen LogP contribution in [0.4, 0.5) is 0 Å². The Morgan fingerprint density at radius 1 is 1.32 bits per heavy atom. The van der Waals surface area contributed by atoms with Crippen molar-refractivity contribution in [1.29, 1.82) is 0 Å². The topological polar surface area (TPSA) is 94.3 Å². The predicted octanol–water partition coefficient (Wildman–Crippen LogP) is 1.96. The average Bonchev–Trinajstić information content (AvgIpc) is 3.00. The van der Waals surface area contributed by atoms with Gasteiger partial charge in [-0.1, -0.05) is 30.6 Å². The van der Waals surface area contributed by atoms with Crippen molar-refractivity contribution in [1.82, 2.24) is 14.9 Å². The largest absolute Gasteiger partial charge is 0.496 e. The summed E-state index contributed by atoms with van der Waals surface area (Å²) in [5, 5.41) is 3.86. The fourth-order valence-corrected chi connectivity index (χ4v) is 3.00. The summed E-state index contributed by atoms with van der Waals surface area (Å²) >= 11 is 0. The molecule has 8 heteroatoms. The normalized spacial score (nSPS) is 11.5. The molecule has 0 aliphatic heterocycles. The van der Waals surface area contributed by atoms with Crippen molar-refractivity contribution in [2.75, 3.05) is 12.9 Å². The van der Waals surface area contributed by atoms with Gasteiger partial charge < -0.3 is 9.26 Å². The molecule has 2 rings (SSSR count). The van der Waals surface area contributed by atoms with Crippen LogP contribution in [0.1, 0.15) is 25.7 Å². The summed E-state index contributed by atoms with van der Waals surface area (Å²) in [6.07, 6.45) is 1.44. The van der Waals surface area contributed by atoms with Crippen molar-refractivity contribution in [3.8, 4) is 17.1 Å². The lowest BCUT2D eigenvalue weighted by Crippen LogP contribution is -2.26. The number of hydrogen-bond donors (Lipinski definition) is 1. The van der Waals surface area contributed by atoms with Crippen molar-refractivity contribution in [3.05, 3.63) is 30.2 Å². The summed E-state index contributed by atoms with van der Waals surface area (Å²) in [5.74, 6) is 1.29. The first kappa shape index (κ1) is 16.4. The van der Waals surface area contributed by atoms with Gasteiger partial charge in [0.1, 0.15) is 5.75 Å². The minimum Gasteiger partial charge on any atom is -0.496 e. The number of ether oxygens (including phenoxy) is 1. The van der Waals surface area contributed by atoms with E-state index in [4.69, 9.17) is 9.26 Å². The molecule has 22 heavy (non-hydrogen) atoms. The van der Waals surface area contributed by atoms with Crippen molar-refractivity contribution in [2.45, 2.75) is 26.3 Å². The molecule has 0 unspecified atom stereocenters. The number of nitrogens with one attached hydrogen (secondary N) is 1. The van der Waals surface area contributed by atoms with Crippen LogP contribution in [0.2, 0.25) is 0 Å². The molecule has 0 amide bonds. The number of hydrogen-bond acceptors (Lipinski definition) is 6. The minimum atomic E-state index is -3.31. The quantitative estimate of drug-likeness (QED) is 0.797. The van der Waals surface area contributed by atoms with E-state index in [9.17, 15) is 8.42 Å². The Labute approximate surface area is 129 Å². The highest BCUT2D eigenvalue weighted by atomic mass is 32.2. The van der Waals surface area contributed by atoms with Crippen molar-refractivity contribution in [3.63, 3.8) is 0 Å². The number of benzene rings is 1. The molecule has 0 spiro atoms. The van der Waals surface area contributed by atoms with Crippen LogP contribution in [-0.4, -0.2) is 31.4 Å². The Morgan fingerprint density at radius 3 is 2.82 bits per heavy atom. The van der Waals surface area contributed by atoms with Gasteiger partial charge in [0, 0.05) is 0 Å². The first-order valence-electron chi connectivity index (χ1n) is 6.99. The van der Waals surface area contributed by atoms with Gasteiger partial charge in [0.05, 0.1) is 25.0 Å². The molecule has 1 aromatic heterocycles. The lowest BCUT2D eigenvalue weighted by atomic mass is 10.2. The standard InChI is InChI=1S/C14H19N3O4S/c1-3-4-9-22(18,19)15-10-13-16-14(17-21-13)11-7-5-6-8-12(11)20-2/h5-8,15H,3-4,9-10H2,1-2H3. The molecule has 0 radical (unpaired) electrons. The van der Waals surface area contributed by atoms with Crippen molar-refractivity contribution < 1.29 is 17.7 Å². The highest BCUT2D eigenvalue weighted by Crippen LogP contribution is 2.26. The molecule has 120 valence electrons. The zero-order chi connectivity index (χ0) is 16.0. The molecule has 0 aliphatic carbocycles. The molecular weight excluding hydrogens is 306 g/mol. The number of nitrogens with zero attached hydrogens (tertiary/aromatic N) is 2. The molecular formula is C14H19N3O4S. The summed E-state index contributed by atoms with van der Waals surface area (Å²) < 4.78 is 36.2. The third-order valence-corrected chi connectivity index (χ3v) is 4.44. The molecule has 0 saturated heterocycles. The van der Waals surface area contributed by atoms with Gasteiger partial charge in [-0.3, -0.25) is 0 Å². The van der Waals surface area contributed by atoms with Gasteiger partial charge in [-0.15, -0.1) is 0 Å². The number of rotatable bonds is 8. The van der Waals surface area contributed by atoms with E-state index in [1.54, 1.807) is 19.2 Å². The lowest BCUT2D eigenvalue weighted by Gasteiger charge is -2.03. The molecule has 0 saturated carbocycles. The molecule has 0 atom stereocenters. The van der Waals surface area contributed by atoms with Gasteiger partial charge in [-0.05, 0) is 18.6 Å². The minimum absolute atomic E-state index is 0.0196. The summed E-state index contributed by atoms with van der Waals surface area (Å²) in [4.78, 5) is 4.19. The second kappa shape index (κ2) is 7.37. The first-order chi connectivity index (χ1) is 10.6. The maximum Gasteiger partial charge on any atom is 0.242 e. The van der Waals surface area contributed by atoms with E-state index in [1.165, 1.54) is 0 Å². The highest BCUT2D eigenvalue weighted by molar-refractivity contribution is 7.89. The molecule has 1 heterocycles. The number of aromatic nitrogens is 2. The highest BCUT2D eigenvalue weighted by Gasteiger charge is 2.15. The van der Waals surface area contributed by atoms with E-state index in [0.29, 0.717) is 23.6 Å². The number of methoxy groups -OCH3 is 1.